The highest BCUT2D eigenvalue weighted by Crippen LogP contribution is 2.26. The van der Waals surface area contributed by atoms with Crippen LogP contribution in [-0.4, -0.2) is 52.9 Å². The Kier molecular flexibility index (Phi) is 4.34. The van der Waals surface area contributed by atoms with Gasteiger partial charge in [0.25, 0.3) is 0 Å². The third-order valence-electron chi connectivity index (χ3n) is 2.85. The summed E-state index contributed by atoms with van der Waals surface area (Å²) < 4.78 is 0. The Labute approximate surface area is 101 Å². The molecular weight excluding hydrogens is 224 g/mol. The van der Waals surface area contributed by atoms with E-state index in [1.165, 1.54) is 0 Å². The van der Waals surface area contributed by atoms with Gasteiger partial charge in [0.1, 0.15) is 0 Å². The number of aliphatic hydroxyl groups excluding tert-OH is 1. The van der Waals surface area contributed by atoms with Crippen LogP contribution in [0.5, 0.6) is 0 Å². The average Bonchev–Trinajstić information content (AvgIpc) is 3.06. The minimum absolute atomic E-state index is 0.0771. The van der Waals surface area contributed by atoms with Gasteiger partial charge in [-0.2, -0.15) is 0 Å². The van der Waals surface area contributed by atoms with Gasteiger partial charge in [0.15, 0.2) is 0 Å². The van der Waals surface area contributed by atoms with Crippen molar-refractivity contribution in [3.63, 3.8) is 0 Å². The average molecular weight is 244 g/mol. The van der Waals surface area contributed by atoms with Gasteiger partial charge in [0, 0.05) is 19.1 Å². The first kappa shape index (κ1) is 13.8. The smallest absolute Gasteiger partial charge is 0.317 e. The van der Waals surface area contributed by atoms with Crippen LogP contribution in [0.15, 0.2) is 0 Å². The van der Waals surface area contributed by atoms with Gasteiger partial charge in [-0.05, 0) is 26.7 Å². The Balaban J connectivity index is 2.44. The number of carbonyl (C=O) groups is 2. The van der Waals surface area contributed by atoms with Crippen LogP contribution >= 0.6 is 0 Å². The first-order valence-electron chi connectivity index (χ1n) is 5.77. The lowest BCUT2D eigenvalue weighted by Gasteiger charge is -2.25. The van der Waals surface area contributed by atoms with E-state index in [4.69, 9.17) is 10.2 Å². The molecule has 2 amide bonds. The van der Waals surface area contributed by atoms with Crippen LogP contribution in [0.3, 0.4) is 0 Å². The summed E-state index contributed by atoms with van der Waals surface area (Å²) in [6.45, 7) is 3.41. The molecule has 0 aromatic carbocycles. The molecule has 1 aliphatic carbocycles. The molecule has 0 aliphatic heterocycles. The minimum Gasteiger partial charge on any atom is -0.481 e. The Morgan fingerprint density at radius 1 is 1.41 bits per heavy atom. The van der Waals surface area contributed by atoms with Gasteiger partial charge < -0.3 is 20.4 Å². The molecule has 1 saturated carbocycles. The third-order valence-corrected chi connectivity index (χ3v) is 2.85. The summed E-state index contributed by atoms with van der Waals surface area (Å²) in [5.41, 5.74) is -0.982. The number of hydrogen-bond acceptors (Lipinski definition) is 3. The lowest BCUT2D eigenvalue weighted by molar-refractivity contribution is -0.146. The Bertz CT molecular complexity index is 300. The maximum Gasteiger partial charge on any atom is 0.317 e. The van der Waals surface area contributed by atoms with Gasteiger partial charge in [-0.1, -0.05) is 0 Å². The van der Waals surface area contributed by atoms with Crippen LogP contribution in [0.25, 0.3) is 0 Å². The summed E-state index contributed by atoms with van der Waals surface area (Å²) in [5.74, 6) is -0.946. The van der Waals surface area contributed by atoms with Gasteiger partial charge in [-0.25, -0.2) is 4.79 Å². The predicted molar refractivity (Wildman–Crippen MR) is 61.6 cm³/mol. The van der Waals surface area contributed by atoms with Gasteiger partial charge in [0.05, 0.1) is 12.0 Å². The van der Waals surface area contributed by atoms with Crippen molar-refractivity contribution < 1.29 is 19.8 Å². The van der Waals surface area contributed by atoms with Crippen LogP contribution in [-0.2, 0) is 4.79 Å². The first-order valence-corrected chi connectivity index (χ1v) is 5.77. The number of hydrogen-bond donors (Lipinski definition) is 3. The fraction of sp³-hybridized carbons (Fsp3) is 0.818. The molecule has 0 saturated heterocycles. The largest absolute Gasteiger partial charge is 0.481 e. The van der Waals surface area contributed by atoms with E-state index in [-0.39, 0.29) is 25.2 Å². The van der Waals surface area contributed by atoms with E-state index < -0.39 is 11.4 Å². The van der Waals surface area contributed by atoms with Gasteiger partial charge in [0.2, 0.25) is 0 Å². The topological polar surface area (TPSA) is 89.9 Å². The molecule has 17 heavy (non-hydrogen) atoms. The van der Waals surface area contributed by atoms with E-state index in [9.17, 15) is 9.59 Å². The predicted octanol–water partition coefficient (Wildman–Crippen LogP) is 0.263. The Hall–Kier alpha value is -1.30. The normalized spacial score (nSPS) is 15.5. The van der Waals surface area contributed by atoms with E-state index in [0.29, 0.717) is 6.54 Å². The molecule has 0 heterocycles. The molecule has 0 atom stereocenters. The summed E-state index contributed by atoms with van der Waals surface area (Å²) in [6.07, 6.45) is 1.91. The highest BCUT2D eigenvalue weighted by atomic mass is 16.4. The van der Waals surface area contributed by atoms with Crippen molar-refractivity contribution in [2.45, 2.75) is 32.7 Å². The summed E-state index contributed by atoms with van der Waals surface area (Å²) in [5, 5.41) is 20.4. The summed E-state index contributed by atoms with van der Waals surface area (Å²) >= 11 is 0. The van der Waals surface area contributed by atoms with Crippen molar-refractivity contribution >= 4 is 12.0 Å². The van der Waals surface area contributed by atoms with Crippen LogP contribution in [0, 0.1) is 5.41 Å². The second kappa shape index (κ2) is 5.35. The molecule has 0 unspecified atom stereocenters. The zero-order valence-electron chi connectivity index (χ0n) is 10.3. The van der Waals surface area contributed by atoms with E-state index in [0.717, 1.165) is 12.8 Å². The second-order valence-electron chi connectivity index (χ2n) is 5.00. The summed E-state index contributed by atoms with van der Waals surface area (Å²) in [7, 11) is 0. The summed E-state index contributed by atoms with van der Waals surface area (Å²) in [4.78, 5) is 24.2. The van der Waals surface area contributed by atoms with Gasteiger partial charge in [-0.15, -0.1) is 0 Å². The third kappa shape index (κ3) is 3.89. The van der Waals surface area contributed by atoms with Crippen molar-refractivity contribution in [1.82, 2.24) is 10.2 Å². The lowest BCUT2D eigenvalue weighted by atomic mass is 9.94. The first-order chi connectivity index (χ1) is 7.88. The van der Waals surface area contributed by atoms with E-state index in [1.807, 2.05) is 0 Å². The standard InChI is InChI=1S/C11H20N2O4/c1-11(2,9(15)16)7-12-10(17)13(5-6-14)8-3-4-8/h8,14H,3-7H2,1-2H3,(H,12,17)(H,15,16). The number of aliphatic carboxylic acids is 1. The maximum absolute atomic E-state index is 11.8. The molecule has 0 radical (unpaired) electrons. The Morgan fingerprint density at radius 3 is 2.41 bits per heavy atom. The van der Waals surface area contributed by atoms with E-state index >= 15 is 0 Å². The van der Waals surface area contributed by atoms with Crippen molar-refractivity contribution in [2.75, 3.05) is 19.7 Å². The van der Waals surface area contributed by atoms with Crippen LogP contribution in [0.2, 0.25) is 0 Å². The number of carboxylic acids is 1. The Morgan fingerprint density at radius 2 is 2.00 bits per heavy atom. The number of rotatable bonds is 6. The van der Waals surface area contributed by atoms with Crippen molar-refractivity contribution in [1.29, 1.82) is 0 Å². The second-order valence-corrected chi connectivity index (χ2v) is 5.00. The van der Waals surface area contributed by atoms with Crippen LogP contribution in [0.1, 0.15) is 26.7 Å². The molecule has 1 aliphatic rings. The monoisotopic (exact) mass is 244 g/mol. The molecule has 3 N–H and O–H groups in total. The zero-order chi connectivity index (χ0) is 13.1. The number of carbonyl (C=O) groups excluding carboxylic acids is 1. The van der Waals surface area contributed by atoms with Gasteiger partial charge >= 0.3 is 12.0 Å². The SMILES string of the molecule is CC(C)(CNC(=O)N(CCO)C1CC1)C(=O)O. The van der Waals surface area contributed by atoms with E-state index in [1.54, 1.807) is 18.7 Å². The molecule has 6 heteroatoms. The molecule has 1 fully saturated rings. The number of nitrogens with one attached hydrogen (secondary N) is 1. The number of urea groups is 1. The number of nitrogens with zero attached hydrogens (tertiary/aromatic N) is 1. The molecule has 98 valence electrons. The van der Waals surface area contributed by atoms with E-state index in [2.05, 4.69) is 5.32 Å². The number of amides is 2. The molecule has 0 bridgehead atoms. The van der Waals surface area contributed by atoms with Gasteiger partial charge in [-0.3, -0.25) is 4.79 Å². The van der Waals surface area contributed by atoms with Crippen LogP contribution in [0.4, 0.5) is 4.79 Å². The highest BCUT2D eigenvalue weighted by Gasteiger charge is 2.34. The van der Waals surface area contributed by atoms with Crippen molar-refractivity contribution in [3.05, 3.63) is 0 Å². The fourth-order valence-electron chi connectivity index (χ4n) is 1.42. The molecule has 0 spiro atoms. The molecule has 6 nitrogen and oxygen atoms in total. The lowest BCUT2D eigenvalue weighted by Crippen LogP contribution is -2.47. The molecule has 0 aromatic heterocycles. The summed E-state index contributed by atoms with van der Waals surface area (Å²) in [6, 6.07) is -0.0917. The maximum atomic E-state index is 11.8. The zero-order valence-corrected chi connectivity index (χ0v) is 10.3. The van der Waals surface area contributed by atoms with Crippen LogP contribution < -0.4 is 5.32 Å². The number of carboxylic acid groups (broad SMARTS) is 1. The molecule has 0 aromatic rings. The van der Waals surface area contributed by atoms with Crippen molar-refractivity contribution in [2.24, 2.45) is 5.41 Å². The quantitative estimate of drug-likeness (QED) is 0.625. The molecular formula is C11H20N2O4. The van der Waals surface area contributed by atoms with Crippen molar-refractivity contribution in [3.8, 4) is 0 Å². The minimum atomic E-state index is -0.982. The molecule has 1 rings (SSSR count). The number of aliphatic hydroxyl groups is 1. The highest BCUT2D eigenvalue weighted by molar-refractivity contribution is 5.78. The fourth-order valence-corrected chi connectivity index (χ4v) is 1.42.